The fourth-order valence-corrected chi connectivity index (χ4v) is 2.02. The van der Waals surface area contributed by atoms with E-state index in [9.17, 15) is 4.79 Å². The number of nitrogens with one attached hydrogen (secondary N) is 1. The third-order valence-corrected chi connectivity index (χ3v) is 3.20. The first-order chi connectivity index (χ1) is 8.90. The van der Waals surface area contributed by atoms with Crippen LogP contribution in [0.2, 0.25) is 5.15 Å². The van der Waals surface area contributed by atoms with E-state index in [2.05, 4.69) is 24.1 Å². The average Bonchev–Trinajstić information content (AvgIpc) is 2.31. The van der Waals surface area contributed by atoms with E-state index in [4.69, 9.17) is 17.3 Å². The molecular formula is C14H22ClN3O. The molecule has 0 saturated heterocycles. The van der Waals surface area contributed by atoms with Crippen molar-refractivity contribution in [3.8, 4) is 0 Å². The summed E-state index contributed by atoms with van der Waals surface area (Å²) in [5.41, 5.74) is 6.37. The van der Waals surface area contributed by atoms with Crippen molar-refractivity contribution in [3.63, 3.8) is 0 Å². The van der Waals surface area contributed by atoms with Gasteiger partial charge in [0.2, 0.25) is 0 Å². The first-order valence-electron chi connectivity index (χ1n) is 6.62. The number of pyridine rings is 1. The zero-order valence-electron chi connectivity index (χ0n) is 11.7. The van der Waals surface area contributed by atoms with E-state index in [0.717, 1.165) is 12.8 Å². The van der Waals surface area contributed by atoms with Crippen molar-refractivity contribution in [2.45, 2.75) is 46.1 Å². The number of hydrogen-bond acceptors (Lipinski definition) is 3. The maximum absolute atomic E-state index is 12.0. The van der Waals surface area contributed by atoms with E-state index >= 15 is 0 Å². The molecule has 1 amide bonds. The van der Waals surface area contributed by atoms with Gasteiger partial charge in [0.1, 0.15) is 5.15 Å². The van der Waals surface area contributed by atoms with Gasteiger partial charge in [-0.2, -0.15) is 0 Å². The van der Waals surface area contributed by atoms with Gasteiger partial charge in [-0.05, 0) is 25.3 Å². The van der Waals surface area contributed by atoms with Crippen molar-refractivity contribution in [1.82, 2.24) is 10.3 Å². The SMILES string of the molecule is CC(C)CCCC(C)NC(=O)c1cc(N)cnc1Cl. The quantitative estimate of drug-likeness (QED) is 0.788. The van der Waals surface area contributed by atoms with E-state index in [1.165, 1.54) is 12.6 Å². The molecule has 1 unspecified atom stereocenters. The summed E-state index contributed by atoms with van der Waals surface area (Å²) in [5.74, 6) is 0.470. The fourth-order valence-electron chi connectivity index (χ4n) is 1.83. The topological polar surface area (TPSA) is 68.0 Å². The van der Waals surface area contributed by atoms with Crippen LogP contribution >= 0.6 is 11.6 Å². The Hall–Kier alpha value is -1.29. The van der Waals surface area contributed by atoms with Crippen LogP contribution in [-0.4, -0.2) is 16.9 Å². The van der Waals surface area contributed by atoms with Crippen LogP contribution in [0.5, 0.6) is 0 Å². The molecule has 1 heterocycles. The van der Waals surface area contributed by atoms with Gasteiger partial charge in [0.25, 0.3) is 5.91 Å². The third-order valence-electron chi connectivity index (χ3n) is 2.90. The molecule has 0 aromatic carbocycles. The molecule has 0 bridgehead atoms. The molecular weight excluding hydrogens is 262 g/mol. The highest BCUT2D eigenvalue weighted by Crippen LogP contribution is 2.16. The second-order valence-electron chi connectivity index (χ2n) is 5.31. The van der Waals surface area contributed by atoms with Gasteiger partial charge < -0.3 is 11.1 Å². The summed E-state index contributed by atoms with van der Waals surface area (Å²) in [6.07, 6.45) is 4.66. The number of carbonyl (C=O) groups excluding carboxylic acids is 1. The van der Waals surface area contributed by atoms with Crippen LogP contribution in [0.1, 0.15) is 50.4 Å². The number of nitrogens with two attached hydrogens (primary N) is 1. The van der Waals surface area contributed by atoms with E-state index in [1.807, 2.05) is 6.92 Å². The summed E-state index contributed by atoms with van der Waals surface area (Å²) in [7, 11) is 0. The zero-order chi connectivity index (χ0) is 14.4. The van der Waals surface area contributed by atoms with Crippen LogP contribution in [0.25, 0.3) is 0 Å². The predicted molar refractivity (Wildman–Crippen MR) is 79.3 cm³/mol. The summed E-state index contributed by atoms with van der Waals surface area (Å²) in [5, 5.41) is 3.10. The van der Waals surface area contributed by atoms with Crippen molar-refractivity contribution in [2.24, 2.45) is 5.92 Å². The van der Waals surface area contributed by atoms with Crippen LogP contribution in [-0.2, 0) is 0 Å². The lowest BCUT2D eigenvalue weighted by molar-refractivity contribution is 0.0937. The van der Waals surface area contributed by atoms with Gasteiger partial charge in [0.05, 0.1) is 17.4 Å². The average molecular weight is 284 g/mol. The van der Waals surface area contributed by atoms with Crippen LogP contribution in [0, 0.1) is 5.92 Å². The summed E-state index contributed by atoms with van der Waals surface area (Å²) in [6, 6.07) is 1.66. The van der Waals surface area contributed by atoms with Gasteiger partial charge in [0, 0.05) is 6.04 Å². The number of amides is 1. The second kappa shape index (κ2) is 7.34. The van der Waals surface area contributed by atoms with Crippen LogP contribution in [0.15, 0.2) is 12.3 Å². The molecule has 0 aliphatic rings. The summed E-state index contributed by atoms with van der Waals surface area (Å²) in [6.45, 7) is 6.38. The van der Waals surface area contributed by atoms with Gasteiger partial charge in [-0.3, -0.25) is 4.79 Å². The molecule has 1 rings (SSSR count). The van der Waals surface area contributed by atoms with E-state index in [-0.39, 0.29) is 17.1 Å². The van der Waals surface area contributed by atoms with Gasteiger partial charge in [-0.15, -0.1) is 0 Å². The van der Waals surface area contributed by atoms with Crippen LogP contribution in [0.3, 0.4) is 0 Å². The number of anilines is 1. The molecule has 1 aromatic rings. The van der Waals surface area contributed by atoms with Gasteiger partial charge in [-0.25, -0.2) is 4.98 Å². The molecule has 19 heavy (non-hydrogen) atoms. The number of rotatable bonds is 6. The Morgan fingerprint density at radius 3 is 2.74 bits per heavy atom. The van der Waals surface area contributed by atoms with Gasteiger partial charge in [-0.1, -0.05) is 38.3 Å². The molecule has 3 N–H and O–H groups in total. The normalized spacial score (nSPS) is 12.5. The molecule has 5 heteroatoms. The number of halogens is 1. The van der Waals surface area contributed by atoms with E-state index in [0.29, 0.717) is 17.2 Å². The number of nitrogens with zero attached hydrogens (tertiary/aromatic N) is 1. The Bertz CT molecular complexity index is 435. The lowest BCUT2D eigenvalue weighted by Gasteiger charge is -2.15. The molecule has 0 spiro atoms. The first-order valence-corrected chi connectivity index (χ1v) is 6.99. The van der Waals surface area contributed by atoms with Crippen molar-refractivity contribution in [2.75, 3.05) is 5.73 Å². The third kappa shape index (κ3) is 5.47. The fraction of sp³-hybridized carbons (Fsp3) is 0.571. The molecule has 0 aliphatic carbocycles. The molecule has 0 fully saturated rings. The smallest absolute Gasteiger partial charge is 0.254 e. The minimum absolute atomic E-state index is 0.115. The minimum atomic E-state index is -0.221. The molecule has 0 aliphatic heterocycles. The Labute approximate surface area is 119 Å². The number of aromatic nitrogens is 1. The molecule has 0 radical (unpaired) electrons. The molecule has 4 nitrogen and oxygen atoms in total. The predicted octanol–water partition coefficient (Wildman–Crippen LogP) is 3.26. The summed E-state index contributed by atoms with van der Waals surface area (Å²) < 4.78 is 0. The summed E-state index contributed by atoms with van der Waals surface area (Å²) in [4.78, 5) is 15.9. The highest BCUT2D eigenvalue weighted by molar-refractivity contribution is 6.32. The Morgan fingerprint density at radius 2 is 2.11 bits per heavy atom. The zero-order valence-corrected chi connectivity index (χ0v) is 12.5. The Morgan fingerprint density at radius 1 is 1.42 bits per heavy atom. The Balaban J connectivity index is 2.52. The van der Waals surface area contributed by atoms with Crippen LogP contribution < -0.4 is 11.1 Å². The minimum Gasteiger partial charge on any atom is -0.397 e. The number of nitrogen functional groups attached to an aromatic ring is 1. The molecule has 106 valence electrons. The monoisotopic (exact) mass is 283 g/mol. The maximum Gasteiger partial charge on any atom is 0.254 e. The number of hydrogen-bond donors (Lipinski definition) is 2. The lowest BCUT2D eigenvalue weighted by atomic mass is 10.0. The van der Waals surface area contributed by atoms with Crippen LogP contribution in [0.4, 0.5) is 5.69 Å². The van der Waals surface area contributed by atoms with E-state index in [1.54, 1.807) is 6.07 Å². The Kier molecular flexibility index (Phi) is 6.09. The molecule has 1 aromatic heterocycles. The van der Waals surface area contributed by atoms with Crippen molar-refractivity contribution >= 4 is 23.2 Å². The molecule has 1 atom stereocenters. The highest BCUT2D eigenvalue weighted by Gasteiger charge is 2.14. The van der Waals surface area contributed by atoms with Gasteiger partial charge in [0.15, 0.2) is 0 Å². The highest BCUT2D eigenvalue weighted by atomic mass is 35.5. The number of carbonyl (C=O) groups is 1. The summed E-state index contributed by atoms with van der Waals surface area (Å²) >= 11 is 5.89. The molecule has 0 saturated carbocycles. The van der Waals surface area contributed by atoms with Crippen molar-refractivity contribution in [3.05, 3.63) is 23.0 Å². The van der Waals surface area contributed by atoms with Crippen molar-refractivity contribution in [1.29, 1.82) is 0 Å². The lowest BCUT2D eigenvalue weighted by Crippen LogP contribution is -2.32. The largest absolute Gasteiger partial charge is 0.397 e. The second-order valence-corrected chi connectivity index (χ2v) is 5.66. The van der Waals surface area contributed by atoms with E-state index < -0.39 is 0 Å². The van der Waals surface area contributed by atoms with Crippen molar-refractivity contribution < 1.29 is 4.79 Å². The maximum atomic E-state index is 12.0. The first kappa shape index (κ1) is 15.8. The standard InChI is InChI=1S/C14H22ClN3O/c1-9(2)5-4-6-10(3)18-14(19)12-7-11(16)8-17-13(12)15/h7-10H,4-6,16H2,1-3H3,(H,18,19). The van der Waals surface area contributed by atoms with Gasteiger partial charge >= 0.3 is 0 Å².